The van der Waals surface area contributed by atoms with Gasteiger partial charge >= 0.3 is 18.1 Å². The number of aryl methyl sites for hydroxylation is 1. The van der Waals surface area contributed by atoms with Crippen LogP contribution in [0.4, 0.5) is 22.0 Å². The molecule has 0 aromatic heterocycles. The minimum absolute atomic E-state index is 0.0384. The summed E-state index contributed by atoms with van der Waals surface area (Å²) in [5, 5.41) is 13.8. The molecule has 0 unspecified atom stereocenters. The molecule has 2 aromatic rings. The minimum Gasteiger partial charge on any atom is -0.387 e. The molecule has 0 radical (unpaired) electrons. The van der Waals surface area contributed by atoms with Crippen molar-refractivity contribution in [3.8, 4) is 0 Å². The summed E-state index contributed by atoms with van der Waals surface area (Å²) in [5.41, 5.74) is -1.22. The van der Waals surface area contributed by atoms with Crippen LogP contribution in [0, 0.1) is 17.0 Å². The number of esters is 2. The van der Waals surface area contributed by atoms with Crippen LogP contribution in [0.25, 0.3) is 0 Å². The Balaban J connectivity index is 2.04. The Morgan fingerprint density at radius 1 is 0.973 bits per heavy atom. The molecule has 0 saturated carbocycles. The van der Waals surface area contributed by atoms with Crippen molar-refractivity contribution in [2.75, 3.05) is 6.54 Å². The number of hydrogen-bond acceptors (Lipinski definition) is 5. The Bertz CT molecular complexity index is 1080. The van der Waals surface area contributed by atoms with Gasteiger partial charge in [-0.3, -0.25) is 4.79 Å². The highest BCUT2D eigenvalue weighted by atomic mass is 19.4. The maximum Gasteiger partial charge on any atom is 0.491 e. The molecule has 2 aromatic carbocycles. The number of β-amino-alcohol motifs (C(OH)–C–C–N with tert-alkyl or cyclic N) is 1. The summed E-state index contributed by atoms with van der Waals surface area (Å²) in [7, 11) is 0. The van der Waals surface area contributed by atoms with Crippen LogP contribution in [0.15, 0.2) is 42.5 Å². The second kappa shape index (κ2) is 12.1. The lowest BCUT2D eigenvalue weighted by molar-refractivity contribution is -0.204. The third-order valence-corrected chi connectivity index (χ3v) is 5.97. The van der Waals surface area contributed by atoms with E-state index in [4.69, 9.17) is 0 Å². The second-order valence-electron chi connectivity index (χ2n) is 10.3. The molecular weight excluding hydrogens is 497 g/mol. The largest absolute Gasteiger partial charge is 0.491 e. The molecule has 0 aliphatic heterocycles. The van der Waals surface area contributed by atoms with Crippen LogP contribution in [0.2, 0.25) is 0 Å². The number of carbonyl (C=O) groups is 2. The van der Waals surface area contributed by atoms with Crippen LogP contribution in [0.3, 0.4) is 0 Å². The smallest absolute Gasteiger partial charge is 0.387 e. The third kappa shape index (κ3) is 9.19. The zero-order valence-corrected chi connectivity index (χ0v) is 21.2. The summed E-state index contributed by atoms with van der Waals surface area (Å²) >= 11 is 0. The zero-order chi connectivity index (χ0) is 28.0. The molecule has 0 saturated heterocycles. The first-order chi connectivity index (χ1) is 17.0. The van der Waals surface area contributed by atoms with Gasteiger partial charge in [-0.15, -0.1) is 0 Å². The van der Waals surface area contributed by atoms with Gasteiger partial charge in [0.25, 0.3) is 0 Å². The number of carbonyl (C=O) groups excluding carboxylic acids is 2. The summed E-state index contributed by atoms with van der Waals surface area (Å²) in [6.07, 6.45) is -4.69. The van der Waals surface area contributed by atoms with Gasteiger partial charge in [0.2, 0.25) is 0 Å². The van der Waals surface area contributed by atoms with E-state index in [9.17, 15) is 36.6 Å². The van der Waals surface area contributed by atoms with Crippen molar-refractivity contribution in [3.63, 3.8) is 0 Å². The summed E-state index contributed by atoms with van der Waals surface area (Å²) in [4.78, 5) is 23.1. The van der Waals surface area contributed by atoms with E-state index in [-0.39, 0.29) is 24.1 Å². The van der Waals surface area contributed by atoms with Crippen molar-refractivity contribution in [1.29, 1.82) is 0 Å². The van der Waals surface area contributed by atoms with Crippen molar-refractivity contribution < 1.29 is 41.4 Å². The van der Waals surface area contributed by atoms with Crippen LogP contribution >= 0.6 is 0 Å². The van der Waals surface area contributed by atoms with Gasteiger partial charge in [0, 0.05) is 17.6 Å². The van der Waals surface area contributed by atoms with Gasteiger partial charge < -0.3 is 15.2 Å². The van der Waals surface area contributed by atoms with E-state index in [0.29, 0.717) is 0 Å². The lowest BCUT2D eigenvalue weighted by Crippen LogP contribution is -2.41. The predicted molar refractivity (Wildman–Crippen MR) is 127 cm³/mol. The topological polar surface area (TPSA) is 75.6 Å². The first kappa shape index (κ1) is 30.4. The predicted octanol–water partition coefficient (Wildman–Crippen LogP) is 5.59. The van der Waals surface area contributed by atoms with Gasteiger partial charge in [-0.1, -0.05) is 30.3 Å². The monoisotopic (exact) mass is 529 g/mol. The standard InChI is InChI=1S/C27H32F5NO4/c1-25(2,23(35)37-24(36)27(30,31)32)15-18-13-19(22(29)20(28)14-18)21(34)16-33-26(3,4)12-8-11-17-9-6-5-7-10-17/h5-7,9-10,13-14,21,33-34H,8,11-12,15-16H2,1-4H3/t21-/m1/s1. The SMILES string of the molecule is CC(C)(CCCc1ccccc1)NC[C@@H](O)c1cc(CC(C)(C)C(=O)OC(=O)C(F)(F)F)cc(F)c1F. The average Bonchev–Trinajstić information content (AvgIpc) is 2.79. The molecule has 1 atom stereocenters. The molecule has 0 heterocycles. The maximum atomic E-state index is 14.5. The van der Waals surface area contributed by atoms with Gasteiger partial charge in [0.15, 0.2) is 11.6 Å². The van der Waals surface area contributed by atoms with Gasteiger partial charge in [-0.05, 0) is 76.6 Å². The zero-order valence-electron chi connectivity index (χ0n) is 21.2. The van der Waals surface area contributed by atoms with Crippen molar-refractivity contribution >= 4 is 11.9 Å². The third-order valence-electron chi connectivity index (χ3n) is 5.97. The fraction of sp³-hybridized carbons (Fsp3) is 0.481. The van der Waals surface area contributed by atoms with Crippen molar-refractivity contribution in [3.05, 3.63) is 70.8 Å². The van der Waals surface area contributed by atoms with Gasteiger partial charge in [-0.25, -0.2) is 13.6 Å². The fourth-order valence-corrected chi connectivity index (χ4v) is 3.83. The van der Waals surface area contributed by atoms with E-state index in [1.807, 2.05) is 44.2 Å². The van der Waals surface area contributed by atoms with Crippen molar-refractivity contribution in [2.45, 2.75) is 71.2 Å². The Labute approximate surface area is 213 Å². The van der Waals surface area contributed by atoms with Gasteiger partial charge in [-0.2, -0.15) is 13.2 Å². The lowest BCUT2D eigenvalue weighted by Gasteiger charge is -2.28. The average molecular weight is 530 g/mol. The molecule has 0 spiro atoms. The Morgan fingerprint density at radius 3 is 2.19 bits per heavy atom. The van der Waals surface area contributed by atoms with Crippen LogP contribution in [0.1, 0.15) is 63.3 Å². The van der Waals surface area contributed by atoms with E-state index in [2.05, 4.69) is 10.1 Å². The second-order valence-corrected chi connectivity index (χ2v) is 10.3. The minimum atomic E-state index is -5.35. The number of nitrogens with one attached hydrogen (secondary N) is 1. The van der Waals surface area contributed by atoms with Crippen LogP contribution in [0.5, 0.6) is 0 Å². The number of aliphatic hydroxyl groups is 1. The summed E-state index contributed by atoms with van der Waals surface area (Å²) < 4.78 is 70.0. The van der Waals surface area contributed by atoms with Gasteiger partial charge in [0.05, 0.1) is 11.5 Å². The Kier molecular flexibility index (Phi) is 9.96. The molecule has 0 bridgehead atoms. The maximum absolute atomic E-state index is 14.5. The Morgan fingerprint density at radius 2 is 1.59 bits per heavy atom. The summed E-state index contributed by atoms with van der Waals surface area (Å²) in [6, 6.07) is 11.9. The molecular formula is C27H32F5NO4. The number of hydrogen-bond donors (Lipinski definition) is 2. The molecule has 0 aliphatic carbocycles. The molecule has 5 nitrogen and oxygen atoms in total. The molecule has 2 N–H and O–H groups in total. The number of ether oxygens (including phenoxy) is 1. The lowest BCUT2D eigenvalue weighted by atomic mass is 9.85. The van der Waals surface area contributed by atoms with Crippen molar-refractivity contribution in [1.82, 2.24) is 5.32 Å². The molecule has 0 fully saturated rings. The summed E-state index contributed by atoms with van der Waals surface area (Å²) in [5.74, 6) is -6.69. The highest BCUT2D eigenvalue weighted by Crippen LogP contribution is 2.29. The van der Waals surface area contributed by atoms with E-state index in [0.717, 1.165) is 31.4 Å². The first-order valence-corrected chi connectivity index (χ1v) is 11.8. The molecule has 204 valence electrons. The number of benzene rings is 2. The highest BCUT2D eigenvalue weighted by molar-refractivity contribution is 5.91. The highest BCUT2D eigenvalue weighted by Gasteiger charge is 2.44. The van der Waals surface area contributed by atoms with E-state index < -0.39 is 46.8 Å². The molecule has 0 amide bonds. The number of alkyl halides is 3. The van der Waals surface area contributed by atoms with Crippen LogP contribution in [-0.2, 0) is 27.2 Å². The summed E-state index contributed by atoms with van der Waals surface area (Å²) in [6.45, 7) is 6.16. The molecule has 0 aliphatic rings. The molecule has 37 heavy (non-hydrogen) atoms. The van der Waals surface area contributed by atoms with Crippen molar-refractivity contribution in [2.24, 2.45) is 5.41 Å². The number of halogens is 5. The fourth-order valence-electron chi connectivity index (χ4n) is 3.83. The Hall–Kier alpha value is -2.85. The van der Waals surface area contributed by atoms with Crippen LogP contribution < -0.4 is 5.32 Å². The van der Waals surface area contributed by atoms with E-state index in [1.54, 1.807) is 0 Å². The van der Waals surface area contributed by atoms with Gasteiger partial charge in [0.1, 0.15) is 0 Å². The van der Waals surface area contributed by atoms with E-state index >= 15 is 0 Å². The first-order valence-electron chi connectivity index (χ1n) is 11.8. The number of aliphatic hydroxyl groups excluding tert-OH is 1. The van der Waals surface area contributed by atoms with Crippen LogP contribution in [-0.4, -0.2) is 35.3 Å². The van der Waals surface area contributed by atoms with E-state index in [1.165, 1.54) is 19.4 Å². The number of rotatable bonds is 11. The normalized spacial score (nSPS) is 13.4. The quantitative estimate of drug-likeness (QED) is 0.226. The molecule has 2 rings (SSSR count). The molecule has 10 heteroatoms.